The molecule has 0 bridgehead atoms. The lowest BCUT2D eigenvalue weighted by molar-refractivity contribution is 1.60. The van der Waals surface area contributed by atoms with Crippen LogP contribution in [0.3, 0.4) is 0 Å². The van der Waals surface area contributed by atoms with Crippen molar-refractivity contribution in [1.29, 1.82) is 0 Å². The van der Waals surface area contributed by atoms with Gasteiger partial charge >= 0.3 is 0 Å². The average molecular weight is 230 g/mol. The Labute approximate surface area is 108 Å². The highest BCUT2D eigenvalue weighted by Crippen LogP contribution is 2.29. The van der Waals surface area contributed by atoms with E-state index >= 15 is 0 Å². The summed E-state index contributed by atoms with van der Waals surface area (Å²) in [6.07, 6.45) is 8.67. The maximum atomic E-state index is 2.22. The van der Waals surface area contributed by atoms with Crippen molar-refractivity contribution in [3.8, 4) is 0 Å². The van der Waals surface area contributed by atoms with Gasteiger partial charge in [0.2, 0.25) is 0 Å². The van der Waals surface area contributed by atoms with Crippen LogP contribution < -0.4 is 0 Å². The van der Waals surface area contributed by atoms with Gasteiger partial charge in [-0.05, 0) is 28.3 Å². The standard InChI is InChI=1S/C18H14/c1-3-8-15(9-4-1)14-17-12-7-13-18(17)16-10-5-2-6-11-16/h1-14H. The van der Waals surface area contributed by atoms with Crippen molar-refractivity contribution in [3.05, 3.63) is 95.6 Å². The third kappa shape index (κ3) is 2.18. The highest BCUT2D eigenvalue weighted by molar-refractivity contribution is 5.90. The van der Waals surface area contributed by atoms with E-state index in [9.17, 15) is 0 Å². The summed E-state index contributed by atoms with van der Waals surface area (Å²) in [6, 6.07) is 20.9. The summed E-state index contributed by atoms with van der Waals surface area (Å²) in [7, 11) is 0. The fraction of sp³-hybridized carbons (Fsp3) is 0. The molecule has 1 aliphatic carbocycles. The molecule has 0 heteroatoms. The normalized spacial score (nSPS) is 16.0. The number of benzene rings is 2. The number of allylic oxidation sites excluding steroid dienone is 5. The van der Waals surface area contributed by atoms with Gasteiger partial charge in [-0.1, -0.05) is 78.9 Å². The van der Waals surface area contributed by atoms with Crippen LogP contribution in [-0.2, 0) is 0 Å². The molecule has 0 N–H and O–H groups in total. The van der Waals surface area contributed by atoms with Crippen LogP contribution in [0.25, 0.3) is 11.6 Å². The minimum Gasteiger partial charge on any atom is -0.0622 e. The van der Waals surface area contributed by atoms with Crippen LogP contribution in [0.15, 0.2) is 84.5 Å². The van der Waals surface area contributed by atoms with Crippen molar-refractivity contribution in [3.63, 3.8) is 0 Å². The van der Waals surface area contributed by atoms with E-state index < -0.39 is 0 Å². The molecule has 0 aliphatic heterocycles. The second-order valence-electron chi connectivity index (χ2n) is 4.32. The molecule has 3 rings (SSSR count). The van der Waals surface area contributed by atoms with Crippen molar-refractivity contribution in [1.82, 2.24) is 0 Å². The van der Waals surface area contributed by atoms with Crippen molar-refractivity contribution in [2.24, 2.45) is 0 Å². The third-order valence-electron chi connectivity index (χ3n) is 3.06. The Morgan fingerprint density at radius 1 is 0.722 bits per heavy atom. The van der Waals surface area contributed by atoms with Gasteiger partial charge in [0.05, 0.1) is 0 Å². The summed E-state index contributed by atoms with van der Waals surface area (Å²) in [5.74, 6) is 0. The zero-order valence-corrected chi connectivity index (χ0v) is 10.1. The van der Waals surface area contributed by atoms with Crippen LogP contribution in [0.2, 0.25) is 0 Å². The largest absolute Gasteiger partial charge is 0.0622 e. The second-order valence-corrected chi connectivity index (χ2v) is 4.32. The molecule has 2 aromatic rings. The van der Waals surface area contributed by atoms with Crippen molar-refractivity contribution < 1.29 is 0 Å². The number of rotatable bonds is 2. The summed E-state index contributed by atoms with van der Waals surface area (Å²) < 4.78 is 0. The molecule has 0 amide bonds. The molecule has 18 heavy (non-hydrogen) atoms. The molecule has 0 aromatic heterocycles. The van der Waals surface area contributed by atoms with Crippen molar-refractivity contribution in [2.45, 2.75) is 0 Å². The predicted octanol–water partition coefficient (Wildman–Crippen LogP) is 4.72. The lowest BCUT2D eigenvalue weighted by atomic mass is 9.99. The molecule has 0 atom stereocenters. The quantitative estimate of drug-likeness (QED) is 0.700. The summed E-state index contributed by atoms with van der Waals surface area (Å²) in [5, 5.41) is 0. The molecule has 0 spiro atoms. The van der Waals surface area contributed by atoms with Crippen LogP contribution >= 0.6 is 0 Å². The van der Waals surface area contributed by atoms with Gasteiger partial charge in [0.25, 0.3) is 0 Å². The Morgan fingerprint density at radius 2 is 1.39 bits per heavy atom. The van der Waals surface area contributed by atoms with E-state index in [2.05, 4.69) is 72.8 Å². The van der Waals surface area contributed by atoms with E-state index in [1.807, 2.05) is 12.1 Å². The van der Waals surface area contributed by atoms with E-state index in [0.717, 1.165) is 0 Å². The molecule has 0 fully saturated rings. The van der Waals surface area contributed by atoms with E-state index in [4.69, 9.17) is 0 Å². The van der Waals surface area contributed by atoms with Gasteiger partial charge in [0, 0.05) is 0 Å². The summed E-state index contributed by atoms with van der Waals surface area (Å²) in [5.41, 5.74) is 5.07. The predicted molar refractivity (Wildman–Crippen MR) is 78.0 cm³/mol. The Hall–Kier alpha value is -2.34. The van der Waals surface area contributed by atoms with Gasteiger partial charge in [-0.25, -0.2) is 0 Å². The maximum Gasteiger partial charge on any atom is -0.0111 e. The molecule has 0 heterocycles. The van der Waals surface area contributed by atoms with Crippen LogP contribution in [0.4, 0.5) is 0 Å². The molecule has 0 nitrogen and oxygen atoms in total. The van der Waals surface area contributed by atoms with Crippen LogP contribution in [0.5, 0.6) is 0 Å². The van der Waals surface area contributed by atoms with E-state index in [-0.39, 0.29) is 0 Å². The molecular weight excluding hydrogens is 216 g/mol. The zero-order chi connectivity index (χ0) is 12.2. The Balaban J connectivity index is 1.97. The first-order valence-corrected chi connectivity index (χ1v) is 6.14. The molecule has 2 aromatic carbocycles. The maximum absolute atomic E-state index is 2.22. The Morgan fingerprint density at radius 3 is 2.11 bits per heavy atom. The van der Waals surface area contributed by atoms with Gasteiger partial charge < -0.3 is 0 Å². The summed E-state index contributed by atoms with van der Waals surface area (Å²) in [6.45, 7) is 0. The molecule has 0 unspecified atom stereocenters. The first-order chi connectivity index (χ1) is 8.93. The molecule has 1 aliphatic rings. The smallest absolute Gasteiger partial charge is 0.0111 e. The molecule has 0 saturated carbocycles. The van der Waals surface area contributed by atoms with Gasteiger partial charge in [0.15, 0.2) is 0 Å². The average Bonchev–Trinajstić information content (AvgIpc) is 2.89. The molecular formula is C18H14. The SMILES string of the molecule is C1=CC(=Cc2ccccc2)C(c2ccccc2)=C1. The van der Waals surface area contributed by atoms with Crippen LogP contribution in [-0.4, -0.2) is 0 Å². The zero-order valence-electron chi connectivity index (χ0n) is 10.1. The van der Waals surface area contributed by atoms with Crippen molar-refractivity contribution >= 4 is 11.6 Å². The van der Waals surface area contributed by atoms with Gasteiger partial charge in [-0.2, -0.15) is 0 Å². The lowest BCUT2D eigenvalue weighted by Crippen LogP contribution is -1.84. The topological polar surface area (TPSA) is 0 Å². The molecule has 86 valence electrons. The highest BCUT2D eigenvalue weighted by Gasteiger charge is 2.08. The van der Waals surface area contributed by atoms with Crippen molar-refractivity contribution in [2.75, 3.05) is 0 Å². The Bertz CT molecular complexity index is 614. The van der Waals surface area contributed by atoms with E-state index in [1.165, 1.54) is 22.3 Å². The van der Waals surface area contributed by atoms with Crippen LogP contribution in [0.1, 0.15) is 11.1 Å². The van der Waals surface area contributed by atoms with Gasteiger partial charge in [0.1, 0.15) is 0 Å². The lowest BCUT2D eigenvalue weighted by Gasteiger charge is -2.05. The van der Waals surface area contributed by atoms with Crippen LogP contribution in [0, 0.1) is 0 Å². The molecule has 0 radical (unpaired) electrons. The Kier molecular flexibility index (Phi) is 2.93. The summed E-state index contributed by atoms with van der Waals surface area (Å²) in [4.78, 5) is 0. The monoisotopic (exact) mass is 230 g/mol. The number of hydrogen-bond donors (Lipinski definition) is 0. The second kappa shape index (κ2) is 4.89. The molecule has 0 saturated heterocycles. The van der Waals surface area contributed by atoms with Gasteiger partial charge in [-0.15, -0.1) is 0 Å². The summed E-state index contributed by atoms with van der Waals surface area (Å²) >= 11 is 0. The highest BCUT2D eigenvalue weighted by atomic mass is 14.1. The third-order valence-corrected chi connectivity index (χ3v) is 3.06. The van der Waals surface area contributed by atoms with E-state index in [0.29, 0.717) is 0 Å². The first-order valence-electron chi connectivity index (χ1n) is 6.14. The first kappa shape index (κ1) is 10.8. The van der Waals surface area contributed by atoms with E-state index in [1.54, 1.807) is 0 Å². The van der Waals surface area contributed by atoms with Gasteiger partial charge in [-0.3, -0.25) is 0 Å². The fourth-order valence-electron chi connectivity index (χ4n) is 2.17. The fourth-order valence-corrected chi connectivity index (χ4v) is 2.17. The number of hydrogen-bond acceptors (Lipinski definition) is 0. The minimum absolute atomic E-state index is 1.24. The minimum atomic E-state index is 1.24.